The Kier molecular flexibility index (Phi) is 9.70. The number of furan rings is 1. The van der Waals surface area contributed by atoms with Crippen LogP contribution in [0.5, 0.6) is 11.5 Å². The van der Waals surface area contributed by atoms with Crippen LogP contribution in [0.4, 0.5) is 10.5 Å². The fourth-order valence-corrected chi connectivity index (χ4v) is 5.63. The van der Waals surface area contributed by atoms with Gasteiger partial charge in [-0.25, -0.2) is 4.79 Å². The Hall–Kier alpha value is -4.81. The summed E-state index contributed by atoms with van der Waals surface area (Å²) in [5.74, 6) is 2.19. The fraction of sp³-hybridized carbons (Fsp3) is 0.237. The van der Waals surface area contributed by atoms with Gasteiger partial charge in [0, 0.05) is 24.8 Å². The molecule has 1 aliphatic rings. The lowest BCUT2D eigenvalue weighted by atomic mass is 9.95. The summed E-state index contributed by atoms with van der Waals surface area (Å²) in [6.45, 7) is 1.71. The highest BCUT2D eigenvalue weighted by Gasteiger charge is 2.17. The standard InChI is InChI=1S/C38H39N3O3/c42-38(40-34-21-23-36(24-22-34)44-35-10-5-2-6-11-35)41(28-37-12-7-25-43-37)27-30-15-19-32(20-16-30)31-17-13-29(14-18-31)26-39-33-8-3-1-4-9-33/h2,5-7,10-25,33,39H,1,3-4,8-9,26-28H2,(H,40,42). The van der Waals surface area contributed by atoms with E-state index in [0.717, 1.165) is 29.2 Å². The molecule has 0 spiro atoms. The Morgan fingerprint density at radius 1 is 0.705 bits per heavy atom. The smallest absolute Gasteiger partial charge is 0.322 e. The Labute approximate surface area is 259 Å². The predicted octanol–water partition coefficient (Wildman–Crippen LogP) is 9.40. The van der Waals surface area contributed by atoms with E-state index >= 15 is 0 Å². The van der Waals surface area contributed by atoms with Crippen molar-refractivity contribution in [2.45, 2.75) is 57.8 Å². The lowest BCUT2D eigenvalue weighted by molar-refractivity contribution is 0.201. The van der Waals surface area contributed by atoms with E-state index in [9.17, 15) is 4.79 Å². The average molecular weight is 586 g/mol. The highest BCUT2D eigenvalue weighted by atomic mass is 16.5. The summed E-state index contributed by atoms with van der Waals surface area (Å²) in [5.41, 5.74) is 5.38. The van der Waals surface area contributed by atoms with Gasteiger partial charge in [0.15, 0.2) is 0 Å². The van der Waals surface area contributed by atoms with Crippen LogP contribution in [0.2, 0.25) is 0 Å². The highest BCUT2D eigenvalue weighted by Crippen LogP contribution is 2.25. The van der Waals surface area contributed by atoms with E-state index in [2.05, 4.69) is 59.2 Å². The molecule has 0 unspecified atom stereocenters. The van der Waals surface area contributed by atoms with Crippen LogP contribution in [0.25, 0.3) is 11.1 Å². The summed E-state index contributed by atoms with van der Waals surface area (Å²) < 4.78 is 11.4. The third-order valence-electron chi connectivity index (χ3n) is 8.11. The molecule has 0 aliphatic heterocycles. The van der Waals surface area contributed by atoms with Crippen LogP contribution in [0, 0.1) is 0 Å². The number of rotatable bonds is 11. The zero-order valence-corrected chi connectivity index (χ0v) is 25.0. The van der Waals surface area contributed by atoms with Crippen LogP contribution in [-0.4, -0.2) is 17.0 Å². The quantitative estimate of drug-likeness (QED) is 0.162. The lowest BCUT2D eigenvalue weighted by Gasteiger charge is -2.23. The maximum absolute atomic E-state index is 13.4. The van der Waals surface area contributed by atoms with Gasteiger partial charge in [-0.2, -0.15) is 0 Å². The molecular formula is C38H39N3O3. The number of ether oxygens (including phenoxy) is 1. The van der Waals surface area contributed by atoms with Crippen molar-refractivity contribution >= 4 is 11.7 Å². The van der Waals surface area contributed by atoms with Crippen molar-refractivity contribution in [2.75, 3.05) is 5.32 Å². The molecular weight excluding hydrogens is 546 g/mol. The molecule has 5 aromatic rings. The van der Waals surface area contributed by atoms with Crippen molar-refractivity contribution in [1.82, 2.24) is 10.2 Å². The van der Waals surface area contributed by atoms with Crippen molar-refractivity contribution in [3.05, 3.63) is 138 Å². The first-order chi connectivity index (χ1) is 21.7. The van der Waals surface area contributed by atoms with E-state index in [0.29, 0.717) is 30.6 Å². The first kappa shape index (κ1) is 29.3. The van der Waals surface area contributed by atoms with Gasteiger partial charge < -0.3 is 24.7 Å². The van der Waals surface area contributed by atoms with Crippen molar-refractivity contribution in [1.29, 1.82) is 0 Å². The molecule has 6 nitrogen and oxygen atoms in total. The van der Waals surface area contributed by atoms with E-state index in [1.165, 1.54) is 43.2 Å². The second-order valence-electron chi connectivity index (χ2n) is 11.4. The molecule has 1 aliphatic carbocycles. The van der Waals surface area contributed by atoms with Crippen LogP contribution in [0.3, 0.4) is 0 Å². The molecule has 1 saturated carbocycles. The number of hydrogen-bond donors (Lipinski definition) is 2. The third kappa shape index (κ3) is 8.17. The van der Waals surface area contributed by atoms with E-state index in [1.807, 2.05) is 66.7 Å². The number of benzene rings is 4. The second kappa shape index (κ2) is 14.6. The van der Waals surface area contributed by atoms with Gasteiger partial charge in [-0.1, -0.05) is 86.0 Å². The maximum atomic E-state index is 13.4. The predicted molar refractivity (Wildman–Crippen MR) is 176 cm³/mol. The molecule has 2 N–H and O–H groups in total. The first-order valence-corrected chi connectivity index (χ1v) is 15.5. The third-order valence-corrected chi connectivity index (χ3v) is 8.11. The summed E-state index contributed by atoms with van der Waals surface area (Å²) in [6, 6.07) is 38.4. The Bertz CT molecular complexity index is 1580. The van der Waals surface area contributed by atoms with Crippen LogP contribution < -0.4 is 15.4 Å². The Morgan fingerprint density at radius 3 is 2.02 bits per heavy atom. The summed E-state index contributed by atoms with van der Waals surface area (Å²) in [6.07, 6.45) is 8.28. The highest BCUT2D eigenvalue weighted by molar-refractivity contribution is 5.89. The normalized spacial score (nSPS) is 13.4. The number of nitrogens with zero attached hydrogens (tertiary/aromatic N) is 1. The molecule has 2 amide bonds. The number of carbonyl (C=O) groups excluding carboxylic acids is 1. The van der Waals surface area contributed by atoms with Crippen molar-refractivity contribution in [3.8, 4) is 22.6 Å². The van der Waals surface area contributed by atoms with Gasteiger partial charge in [0.2, 0.25) is 0 Å². The largest absolute Gasteiger partial charge is 0.467 e. The van der Waals surface area contributed by atoms with Gasteiger partial charge in [0.05, 0.1) is 12.8 Å². The van der Waals surface area contributed by atoms with E-state index in [-0.39, 0.29) is 6.03 Å². The van der Waals surface area contributed by atoms with Crippen LogP contribution in [0.15, 0.2) is 126 Å². The Morgan fingerprint density at radius 2 is 1.36 bits per heavy atom. The number of hydrogen-bond acceptors (Lipinski definition) is 4. The zero-order chi connectivity index (χ0) is 30.0. The monoisotopic (exact) mass is 585 g/mol. The summed E-state index contributed by atoms with van der Waals surface area (Å²) in [7, 11) is 0. The molecule has 1 fully saturated rings. The lowest BCUT2D eigenvalue weighted by Crippen LogP contribution is -2.33. The number of carbonyl (C=O) groups is 1. The van der Waals surface area contributed by atoms with Crippen molar-refractivity contribution in [3.63, 3.8) is 0 Å². The minimum Gasteiger partial charge on any atom is -0.467 e. The number of nitrogens with one attached hydrogen (secondary N) is 2. The molecule has 0 bridgehead atoms. The van der Waals surface area contributed by atoms with Crippen LogP contribution in [0.1, 0.15) is 49.0 Å². The molecule has 1 heterocycles. The van der Waals surface area contributed by atoms with Crippen molar-refractivity contribution in [2.24, 2.45) is 0 Å². The minimum absolute atomic E-state index is 0.209. The van der Waals surface area contributed by atoms with E-state index < -0.39 is 0 Å². The van der Waals surface area contributed by atoms with Gasteiger partial charge in [-0.3, -0.25) is 0 Å². The van der Waals surface area contributed by atoms with E-state index in [1.54, 1.807) is 11.2 Å². The average Bonchev–Trinajstić information content (AvgIpc) is 3.59. The molecule has 1 aromatic heterocycles. The molecule has 224 valence electrons. The summed E-state index contributed by atoms with van der Waals surface area (Å²) in [4.78, 5) is 15.2. The number of urea groups is 1. The molecule has 44 heavy (non-hydrogen) atoms. The van der Waals surface area contributed by atoms with Gasteiger partial charge in [-0.15, -0.1) is 0 Å². The summed E-state index contributed by atoms with van der Waals surface area (Å²) in [5, 5.41) is 6.75. The van der Waals surface area contributed by atoms with Gasteiger partial charge >= 0.3 is 6.03 Å². The summed E-state index contributed by atoms with van der Waals surface area (Å²) >= 11 is 0. The van der Waals surface area contributed by atoms with Crippen molar-refractivity contribution < 1.29 is 13.9 Å². The number of para-hydroxylation sites is 1. The van der Waals surface area contributed by atoms with Crippen LogP contribution in [-0.2, 0) is 19.6 Å². The topological polar surface area (TPSA) is 66.7 Å². The molecule has 6 heteroatoms. The maximum Gasteiger partial charge on any atom is 0.322 e. The van der Waals surface area contributed by atoms with Crippen LogP contribution >= 0.6 is 0 Å². The first-order valence-electron chi connectivity index (χ1n) is 15.5. The zero-order valence-electron chi connectivity index (χ0n) is 25.0. The number of anilines is 1. The van der Waals surface area contributed by atoms with Gasteiger partial charge in [0.25, 0.3) is 0 Å². The number of amides is 2. The van der Waals surface area contributed by atoms with Gasteiger partial charge in [0.1, 0.15) is 17.3 Å². The fourth-order valence-electron chi connectivity index (χ4n) is 5.63. The van der Waals surface area contributed by atoms with Gasteiger partial charge in [-0.05, 0) is 83.6 Å². The van der Waals surface area contributed by atoms with E-state index in [4.69, 9.17) is 9.15 Å². The molecule has 4 aromatic carbocycles. The Balaban J connectivity index is 1.07. The minimum atomic E-state index is -0.209. The SMILES string of the molecule is O=C(Nc1ccc(Oc2ccccc2)cc1)N(Cc1ccc(-c2ccc(CNC3CCCCC3)cc2)cc1)Cc1ccco1. The second-order valence-corrected chi connectivity index (χ2v) is 11.4. The molecule has 0 atom stereocenters. The molecule has 0 saturated heterocycles. The molecule has 0 radical (unpaired) electrons. The molecule has 6 rings (SSSR count).